The number of carbonyl (C=O) groups is 1. The van der Waals surface area contributed by atoms with E-state index in [9.17, 15) is 20.2 Å². The van der Waals surface area contributed by atoms with Crippen LogP contribution in [0.15, 0.2) is 41.3 Å². The minimum atomic E-state index is -0.425. The molecule has 0 spiro atoms. The molecular weight excluding hydrogens is 364 g/mol. The van der Waals surface area contributed by atoms with E-state index in [0.29, 0.717) is 26.2 Å². The number of nitriles is 1. The lowest BCUT2D eigenvalue weighted by atomic mass is 10.1. The largest absolute Gasteiger partial charge is 0.368 e. The molecule has 1 fully saturated rings. The second kappa shape index (κ2) is 8.01. The molecule has 3 rings (SSSR count). The lowest BCUT2D eigenvalue weighted by molar-refractivity contribution is -0.384. The quantitative estimate of drug-likeness (QED) is 0.350. The predicted molar refractivity (Wildman–Crippen MR) is 105 cm³/mol. The molecule has 1 aromatic carbocycles. The molecule has 7 nitrogen and oxygen atoms in total. The summed E-state index contributed by atoms with van der Waals surface area (Å²) in [4.78, 5) is 27.7. The molecule has 0 radical (unpaired) electrons. The highest BCUT2D eigenvalue weighted by Crippen LogP contribution is 2.22. The smallest absolute Gasteiger partial charge is 0.269 e. The van der Waals surface area contributed by atoms with E-state index in [1.165, 1.54) is 23.5 Å². The summed E-state index contributed by atoms with van der Waals surface area (Å²) in [6.07, 6.45) is 1.66. The molecule has 1 saturated heterocycles. The van der Waals surface area contributed by atoms with Crippen molar-refractivity contribution >= 4 is 34.7 Å². The van der Waals surface area contributed by atoms with Gasteiger partial charge in [-0.15, -0.1) is 11.3 Å². The van der Waals surface area contributed by atoms with Crippen molar-refractivity contribution in [3.8, 4) is 6.07 Å². The number of aryl methyl sites for hydroxylation is 1. The van der Waals surface area contributed by atoms with E-state index in [4.69, 9.17) is 0 Å². The van der Waals surface area contributed by atoms with Gasteiger partial charge in [0.25, 0.3) is 11.6 Å². The second-order valence-electron chi connectivity index (χ2n) is 6.19. The van der Waals surface area contributed by atoms with E-state index in [0.717, 1.165) is 16.1 Å². The number of piperazine rings is 1. The van der Waals surface area contributed by atoms with Crippen LogP contribution in [-0.4, -0.2) is 41.9 Å². The Morgan fingerprint density at radius 2 is 1.89 bits per heavy atom. The standard InChI is InChI=1S/C19H18N4O3S/c1-14-6-11-27-18(14)12-15(13-20)19(24)22-9-7-21(8-10-22)16-2-4-17(5-3-16)23(25)26/h2-6,11-12H,7-10H2,1H3/b15-12+. The van der Waals surface area contributed by atoms with Crippen LogP contribution >= 0.6 is 11.3 Å². The summed E-state index contributed by atoms with van der Waals surface area (Å²) in [5.74, 6) is -0.256. The Kier molecular flexibility index (Phi) is 5.52. The van der Waals surface area contributed by atoms with Gasteiger partial charge in [-0.3, -0.25) is 14.9 Å². The molecule has 0 atom stereocenters. The van der Waals surface area contributed by atoms with Crippen LogP contribution in [0.2, 0.25) is 0 Å². The van der Waals surface area contributed by atoms with Crippen molar-refractivity contribution in [2.75, 3.05) is 31.1 Å². The molecular formula is C19H18N4O3S. The third kappa shape index (κ3) is 4.15. The van der Waals surface area contributed by atoms with Gasteiger partial charge in [-0.25, -0.2) is 0 Å². The molecule has 2 aromatic rings. The molecule has 0 aliphatic carbocycles. The third-order valence-corrected chi connectivity index (χ3v) is 5.49. The number of anilines is 1. The highest BCUT2D eigenvalue weighted by atomic mass is 32.1. The molecule has 0 N–H and O–H groups in total. The second-order valence-corrected chi connectivity index (χ2v) is 7.14. The van der Waals surface area contributed by atoms with Crippen LogP contribution in [0.1, 0.15) is 10.4 Å². The molecule has 138 valence electrons. The van der Waals surface area contributed by atoms with Crippen LogP contribution in [0.4, 0.5) is 11.4 Å². The first-order valence-corrected chi connectivity index (χ1v) is 9.32. The van der Waals surface area contributed by atoms with Gasteiger partial charge in [0.05, 0.1) is 4.92 Å². The zero-order chi connectivity index (χ0) is 19.4. The van der Waals surface area contributed by atoms with Gasteiger partial charge in [-0.05, 0) is 42.1 Å². The summed E-state index contributed by atoms with van der Waals surface area (Å²) in [5, 5.41) is 22.1. The summed E-state index contributed by atoms with van der Waals surface area (Å²) < 4.78 is 0. The summed E-state index contributed by atoms with van der Waals surface area (Å²) in [7, 11) is 0. The number of benzene rings is 1. The van der Waals surface area contributed by atoms with Gasteiger partial charge in [0.1, 0.15) is 11.6 Å². The van der Waals surface area contributed by atoms with Gasteiger partial charge in [-0.2, -0.15) is 5.26 Å². The number of amides is 1. The first kappa shape index (κ1) is 18.6. The number of non-ortho nitro benzene ring substituents is 1. The fraction of sp³-hybridized carbons (Fsp3) is 0.263. The highest BCUT2D eigenvalue weighted by Gasteiger charge is 2.24. The molecule has 1 aromatic heterocycles. The molecule has 0 unspecified atom stereocenters. The van der Waals surface area contributed by atoms with E-state index in [1.807, 2.05) is 24.4 Å². The number of rotatable bonds is 4. The summed E-state index contributed by atoms with van der Waals surface area (Å²) in [5.41, 5.74) is 2.13. The van der Waals surface area contributed by atoms with Gasteiger partial charge in [0.2, 0.25) is 0 Å². The summed E-state index contributed by atoms with van der Waals surface area (Å²) >= 11 is 1.50. The van der Waals surface area contributed by atoms with Gasteiger partial charge in [0, 0.05) is 48.9 Å². The van der Waals surface area contributed by atoms with Crippen molar-refractivity contribution in [1.82, 2.24) is 4.90 Å². The lowest BCUT2D eigenvalue weighted by Crippen LogP contribution is -2.49. The minimum Gasteiger partial charge on any atom is -0.368 e. The van der Waals surface area contributed by atoms with Gasteiger partial charge in [-0.1, -0.05) is 0 Å². The summed E-state index contributed by atoms with van der Waals surface area (Å²) in [6, 6.07) is 10.4. The maximum Gasteiger partial charge on any atom is 0.269 e. The molecule has 1 aliphatic rings. The molecule has 0 saturated carbocycles. The topological polar surface area (TPSA) is 90.5 Å². The van der Waals surface area contributed by atoms with Crippen LogP contribution in [0.5, 0.6) is 0 Å². The number of nitro groups is 1. The van der Waals surface area contributed by atoms with Crippen LogP contribution in [0.25, 0.3) is 6.08 Å². The van der Waals surface area contributed by atoms with Crippen molar-refractivity contribution in [3.05, 3.63) is 61.8 Å². The fourth-order valence-corrected chi connectivity index (χ4v) is 3.79. The Labute approximate surface area is 160 Å². The number of thiophene rings is 1. The Hall–Kier alpha value is -3.18. The van der Waals surface area contributed by atoms with Crippen LogP contribution in [-0.2, 0) is 4.79 Å². The SMILES string of the molecule is Cc1ccsc1/C=C(\C#N)C(=O)N1CCN(c2ccc([N+](=O)[O-])cc2)CC1. The molecule has 2 heterocycles. The minimum absolute atomic E-state index is 0.0558. The Balaban J connectivity index is 1.65. The van der Waals surface area contributed by atoms with Crippen molar-refractivity contribution in [2.45, 2.75) is 6.92 Å². The average molecular weight is 382 g/mol. The Morgan fingerprint density at radius 1 is 1.22 bits per heavy atom. The highest BCUT2D eigenvalue weighted by molar-refractivity contribution is 7.11. The first-order valence-electron chi connectivity index (χ1n) is 8.44. The number of hydrogen-bond acceptors (Lipinski definition) is 6. The number of carbonyl (C=O) groups excluding carboxylic acids is 1. The first-order chi connectivity index (χ1) is 13.0. The monoisotopic (exact) mass is 382 g/mol. The fourth-order valence-electron chi connectivity index (χ4n) is 2.93. The van der Waals surface area contributed by atoms with E-state index in [-0.39, 0.29) is 17.2 Å². The average Bonchev–Trinajstić information content (AvgIpc) is 3.10. The molecule has 1 amide bonds. The Bertz CT molecular complexity index is 919. The number of nitrogens with zero attached hydrogens (tertiary/aromatic N) is 4. The maximum absolute atomic E-state index is 12.7. The lowest BCUT2D eigenvalue weighted by Gasteiger charge is -2.36. The van der Waals surface area contributed by atoms with Gasteiger partial charge in [0.15, 0.2) is 0 Å². The van der Waals surface area contributed by atoms with Crippen LogP contribution in [0.3, 0.4) is 0 Å². The van der Waals surface area contributed by atoms with Crippen molar-refractivity contribution in [2.24, 2.45) is 0 Å². The zero-order valence-electron chi connectivity index (χ0n) is 14.8. The summed E-state index contributed by atoms with van der Waals surface area (Å²) in [6.45, 7) is 4.17. The van der Waals surface area contributed by atoms with E-state index in [2.05, 4.69) is 4.90 Å². The molecule has 1 aliphatic heterocycles. The van der Waals surface area contributed by atoms with Crippen molar-refractivity contribution in [3.63, 3.8) is 0 Å². The molecule has 8 heteroatoms. The third-order valence-electron chi connectivity index (χ3n) is 4.52. The van der Waals surface area contributed by atoms with E-state index < -0.39 is 4.92 Å². The van der Waals surface area contributed by atoms with Gasteiger partial charge >= 0.3 is 0 Å². The normalized spacial score (nSPS) is 14.7. The van der Waals surface area contributed by atoms with E-state index in [1.54, 1.807) is 23.1 Å². The maximum atomic E-state index is 12.7. The van der Waals surface area contributed by atoms with Gasteiger partial charge < -0.3 is 9.80 Å². The van der Waals surface area contributed by atoms with E-state index >= 15 is 0 Å². The molecule has 27 heavy (non-hydrogen) atoms. The number of nitro benzene ring substituents is 1. The van der Waals surface area contributed by atoms with Crippen molar-refractivity contribution < 1.29 is 9.72 Å². The number of hydrogen-bond donors (Lipinski definition) is 0. The zero-order valence-corrected chi connectivity index (χ0v) is 15.6. The van der Waals surface area contributed by atoms with Crippen LogP contribution < -0.4 is 4.90 Å². The predicted octanol–water partition coefficient (Wildman–Crippen LogP) is 3.22. The van der Waals surface area contributed by atoms with Crippen LogP contribution in [0, 0.1) is 28.4 Å². The Morgan fingerprint density at radius 3 is 2.41 bits per heavy atom. The van der Waals surface area contributed by atoms with Crippen molar-refractivity contribution in [1.29, 1.82) is 5.26 Å². The molecule has 0 bridgehead atoms.